The van der Waals surface area contributed by atoms with Crippen molar-refractivity contribution < 1.29 is 9.18 Å². The molecule has 0 unspecified atom stereocenters. The van der Waals surface area contributed by atoms with E-state index in [4.69, 9.17) is 5.73 Å². The highest BCUT2D eigenvalue weighted by molar-refractivity contribution is 5.81. The first kappa shape index (κ1) is 15.6. The Morgan fingerprint density at radius 3 is 2.42 bits per heavy atom. The van der Waals surface area contributed by atoms with Gasteiger partial charge in [0, 0.05) is 19.0 Å². The van der Waals surface area contributed by atoms with E-state index in [1.165, 1.54) is 12.1 Å². The summed E-state index contributed by atoms with van der Waals surface area (Å²) in [6.45, 7) is 4.95. The van der Waals surface area contributed by atoms with Crippen molar-refractivity contribution in [2.24, 2.45) is 11.1 Å². The lowest BCUT2D eigenvalue weighted by Crippen LogP contribution is -2.40. The molecule has 0 saturated carbocycles. The molecular weight excluding hydrogens is 243 g/mol. The molecule has 1 rings (SSSR count). The zero-order valence-corrected chi connectivity index (χ0v) is 11.9. The molecule has 1 amide bonds. The molecule has 1 aromatic rings. The third kappa shape index (κ3) is 4.63. The molecule has 0 aliphatic carbocycles. The second-order valence-electron chi connectivity index (χ2n) is 5.53. The minimum absolute atomic E-state index is 0.0973. The van der Waals surface area contributed by atoms with Crippen molar-refractivity contribution in [3.8, 4) is 0 Å². The van der Waals surface area contributed by atoms with Crippen LogP contribution in [0.15, 0.2) is 24.3 Å². The van der Waals surface area contributed by atoms with Gasteiger partial charge in [-0.25, -0.2) is 4.39 Å². The monoisotopic (exact) mass is 266 g/mol. The van der Waals surface area contributed by atoms with E-state index in [0.717, 1.165) is 12.0 Å². The Morgan fingerprint density at radius 1 is 1.32 bits per heavy atom. The van der Waals surface area contributed by atoms with Gasteiger partial charge >= 0.3 is 0 Å². The van der Waals surface area contributed by atoms with Gasteiger partial charge in [0.1, 0.15) is 5.82 Å². The molecule has 4 heteroatoms. The van der Waals surface area contributed by atoms with Gasteiger partial charge in [-0.2, -0.15) is 0 Å². The van der Waals surface area contributed by atoms with Gasteiger partial charge in [-0.3, -0.25) is 4.79 Å². The number of nitrogens with zero attached hydrogens (tertiary/aromatic N) is 1. The second-order valence-corrected chi connectivity index (χ2v) is 5.53. The normalized spacial score (nSPS) is 11.4. The average molecular weight is 266 g/mol. The van der Waals surface area contributed by atoms with Crippen molar-refractivity contribution in [1.82, 2.24) is 4.90 Å². The number of amides is 1. The number of carbonyl (C=O) groups is 1. The van der Waals surface area contributed by atoms with Gasteiger partial charge in [0.2, 0.25) is 5.91 Å². The molecule has 0 aliphatic rings. The Labute approximate surface area is 114 Å². The van der Waals surface area contributed by atoms with Crippen LogP contribution < -0.4 is 5.73 Å². The summed E-state index contributed by atoms with van der Waals surface area (Å²) >= 11 is 0. The molecule has 0 aromatic heterocycles. The number of benzene rings is 1. The van der Waals surface area contributed by atoms with Crippen molar-refractivity contribution in [2.75, 3.05) is 20.1 Å². The van der Waals surface area contributed by atoms with Gasteiger partial charge in [0.25, 0.3) is 0 Å². The van der Waals surface area contributed by atoms with Gasteiger partial charge in [0.15, 0.2) is 0 Å². The zero-order chi connectivity index (χ0) is 14.5. The van der Waals surface area contributed by atoms with Crippen LogP contribution >= 0.6 is 0 Å². The molecule has 106 valence electrons. The van der Waals surface area contributed by atoms with Crippen LogP contribution in [0.5, 0.6) is 0 Å². The van der Waals surface area contributed by atoms with Crippen LogP contribution in [0.25, 0.3) is 0 Å². The fourth-order valence-corrected chi connectivity index (χ4v) is 2.03. The van der Waals surface area contributed by atoms with Crippen molar-refractivity contribution in [3.05, 3.63) is 35.6 Å². The number of likely N-dealkylation sites (N-methyl/N-ethyl adjacent to an activating group) is 1. The van der Waals surface area contributed by atoms with E-state index in [1.54, 1.807) is 24.1 Å². The molecule has 0 spiro atoms. The number of hydrogen-bond acceptors (Lipinski definition) is 2. The van der Waals surface area contributed by atoms with Crippen LogP contribution in [0.1, 0.15) is 25.8 Å². The maximum atomic E-state index is 12.8. The van der Waals surface area contributed by atoms with Crippen molar-refractivity contribution in [3.63, 3.8) is 0 Å². The standard InChI is InChI=1S/C15H23FN2O/c1-15(2,9-10-17)14(19)18(3)11-8-12-4-6-13(16)7-5-12/h4-7H,8-11,17H2,1-3H3. The van der Waals surface area contributed by atoms with E-state index in [-0.39, 0.29) is 11.7 Å². The van der Waals surface area contributed by atoms with Crippen LogP contribution in [0.4, 0.5) is 4.39 Å². The quantitative estimate of drug-likeness (QED) is 0.858. The predicted molar refractivity (Wildman–Crippen MR) is 75.2 cm³/mol. The second kappa shape index (κ2) is 6.66. The molecule has 0 heterocycles. The Morgan fingerprint density at radius 2 is 1.89 bits per heavy atom. The van der Waals surface area contributed by atoms with Crippen LogP contribution in [0, 0.1) is 11.2 Å². The summed E-state index contributed by atoms with van der Waals surface area (Å²) in [7, 11) is 1.80. The summed E-state index contributed by atoms with van der Waals surface area (Å²) in [6, 6.07) is 6.38. The number of rotatable bonds is 6. The Balaban J connectivity index is 2.53. The van der Waals surface area contributed by atoms with Crippen LogP contribution in [-0.2, 0) is 11.2 Å². The van der Waals surface area contributed by atoms with E-state index in [0.29, 0.717) is 19.5 Å². The Hall–Kier alpha value is -1.42. The fourth-order valence-electron chi connectivity index (χ4n) is 2.03. The molecule has 19 heavy (non-hydrogen) atoms. The molecule has 0 aliphatic heterocycles. The lowest BCUT2D eigenvalue weighted by atomic mass is 9.87. The predicted octanol–water partition coefficient (Wildman–Crippen LogP) is 2.20. The minimum atomic E-state index is -0.424. The van der Waals surface area contributed by atoms with Gasteiger partial charge in [-0.05, 0) is 37.1 Å². The molecule has 2 N–H and O–H groups in total. The molecule has 1 aromatic carbocycles. The third-order valence-electron chi connectivity index (χ3n) is 3.34. The molecule has 0 radical (unpaired) electrons. The largest absolute Gasteiger partial charge is 0.345 e. The zero-order valence-electron chi connectivity index (χ0n) is 11.9. The number of hydrogen-bond donors (Lipinski definition) is 1. The van der Waals surface area contributed by atoms with Crippen LogP contribution in [0.2, 0.25) is 0 Å². The van der Waals surface area contributed by atoms with E-state index in [2.05, 4.69) is 0 Å². The lowest BCUT2D eigenvalue weighted by molar-refractivity contribution is -0.139. The summed E-state index contributed by atoms with van der Waals surface area (Å²) in [5.74, 6) is -0.141. The first-order chi connectivity index (χ1) is 8.86. The van der Waals surface area contributed by atoms with E-state index >= 15 is 0 Å². The molecule has 0 bridgehead atoms. The molecule has 0 atom stereocenters. The lowest BCUT2D eigenvalue weighted by Gasteiger charge is -2.29. The summed E-state index contributed by atoms with van der Waals surface area (Å²) in [6.07, 6.45) is 1.40. The Kier molecular flexibility index (Phi) is 5.48. The first-order valence-electron chi connectivity index (χ1n) is 6.57. The summed E-state index contributed by atoms with van der Waals surface area (Å²) in [4.78, 5) is 14.0. The van der Waals surface area contributed by atoms with Gasteiger partial charge in [0.05, 0.1) is 0 Å². The molecular formula is C15H23FN2O. The fraction of sp³-hybridized carbons (Fsp3) is 0.533. The molecule has 0 saturated heterocycles. The summed E-state index contributed by atoms with van der Waals surface area (Å²) in [5, 5.41) is 0. The number of halogens is 1. The summed E-state index contributed by atoms with van der Waals surface area (Å²) < 4.78 is 12.8. The van der Waals surface area contributed by atoms with Gasteiger partial charge in [-0.15, -0.1) is 0 Å². The number of carbonyl (C=O) groups excluding carboxylic acids is 1. The Bertz CT molecular complexity index is 415. The first-order valence-corrected chi connectivity index (χ1v) is 6.57. The van der Waals surface area contributed by atoms with Gasteiger partial charge < -0.3 is 10.6 Å². The highest BCUT2D eigenvalue weighted by Gasteiger charge is 2.29. The van der Waals surface area contributed by atoms with Crippen LogP contribution in [0.3, 0.4) is 0 Å². The van der Waals surface area contributed by atoms with E-state index < -0.39 is 5.41 Å². The van der Waals surface area contributed by atoms with Crippen molar-refractivity contribution >= 4 is 5.91 Å². The SMILES string of the molecule is CN(CCc1ccc(F)cc1)C(=O)C(C)(C)CCN. The maximum absolute atomic E-state index is 12.8. The third-order valence-corrected chi connectivity index (χ3v) is 3.34. The maximum Gasteiger partial charge on any atom is 0.228 e. The van der Waals surface area contributed by atoms with Crippen molar-refractivity contribution in [2.45, 2.75) is 26.7 Å². The topological polar surface area (TPSA) is 46.3 Å². The van der Waals surface area contributed by atoms with E-state index in [1.807, 2.05) is 13.8 Å². The molecule has 0 fully saturated rings. The number of nitrogens with two attached hydrogens (primary N) is 1. The summed E-state index contributed by atoms with van der Waals surface area (Å²) in [5.41, 5.74) is 6.13. The smallest absolute Gasteiger partial charge is 0.228 e. The molecule has 3 nitrogen and oxygen atoms in total. The van der Waals surface area contributed by atoms with Gasteiger partial charge in [-0.1, -0.05) is 26.0 Å². The van der Waals surface area contributed by atoms with Crippen molar-refractivity contribution in [1.29, 1.82) is 0 Å². The van der Waals surface area contributed by atoms with Crippen LogP contribution in [-0.4, -0.2) is 30.9 Å². The minimum Gasteiger partial charge on any atom is -0.345 e. The highest BCUT2D eigenvalue weighted by atomic mass is 19.1. The highest BCUT2D eigenvalue weighted by Crippen LogP contribution is 2.22. The average Bonchev–Trinajstić information content (AvgIpc) is 2.36. The van der Waals surface area contributed by atoms with E-state index in [9.17, 15) is 9.18 Å².